The lowest BCUT2D eigenvalue weighted by atomic mass is 10.0. The molecule has 210 valence electrons. The Labute approximate surface area is 228 Å². The Kier molecular flexibility index (Phi) is 10.4. The van der Waals surface area contributed by atoms with Crippen LogP contribution in [0.25, 0.3) is 0 Å². The number of carbonyl (C=O) groups is 3. The first kappa shape index (κ1) is 30.1. The van der Waals surface area contributed by atoms with Gasteiger partial charge in [-0.25, -0.2) is 18.0 Å². The van der Waals surface area contributed by atoms with E-state index in [0.29, 0.717) is 23.9 Å². The van der Waals surface area contributed by atoms with Gasteiger partial charge in [-0.2, -0.15) is 0 Å². The Hall–Kier alpha value is -3.47. The van der Waals surface area contributed by atoms with Gasteiger partial charge in [-0.05, 0) is 41.9 Å². The summed E-state index contributed by atoms with van der Waals surface area (Å²) in [6, 6.07) is 0.301. The second kappa shape index (κ2) is 13.5. The molecule has 2 aliphatic rings. The minimum atomic E-state index is -1.31. The van der Waals surface area contributed by atoms with Crippen molar-refractivity contribution in [3.63, 3.8) is 0 Å². The monoisotopic (exact) mass is 565 g/mol. The molecule has 0 radical (unpaired) electrons. The number of amides is 2. The Morgan fingerprint density at radius 2 is 1.92 bits per heavy atom. The molecule has 1 saturated heterocycles. The van der Waals surface area contributed by atoms with Crippen molar-refractivity contribution in [2.24, 2.45) is 11.7 Å². The molecule has 0 bridgehead atoms. The van der Waals surface area contributed by atoms with Crippen molar-refractivity contribution in [3.05, 3.63) is 76.5 Å². The number of carboxylic acids is 1. The van der Waals surface area contributed by atoms with Gasteiger partial charge in [0.25, 0.3) is 5.91 Å². The van der Waals surface area contributed by atoms with Gasteiger partial charge < -0.3 is 25.8 Å². The Balaban J connectivity index is 1.52. The highest BCUT2D eigenvalue weighted by atomic mass is 32.2. The lowest BCUT2D eigenvalue weighted by Gasteiger charge is -2.24. The fraction of sp³-hybridized carbons (Fsp3) is 0.407. The molecule has 39 heavy (non-hydrogen) atoms. The van der Waals surface area contributed by atoms with Crippen LogP contribution in [0.2, 0.25) is 0 Å². The molecule has 3 rings (SSSR count). The van der Waals surface area contributed by atoms with E-state index in [-0.39, 0.29) is 42.5 Å². The number of carboxylic acid groups (broad SMARTS) is 1. The molecular formula is C27H30F3N3O5S. The highest BCUT2D eigenvalue weighted by molar-refractivity contribution is 8.00. The number of nitrogens with one attached hydrogen (secondary N) is 1. The molecule has 3 atom stereocenters. The molecule has 1 aliphatic heterocycles. The van der Waals surface area contributed by atoms with Gasteiger partial charge in [0.1, 0.15) is 5.82 Å². The molecule has 12 heteroatoms. The fourth-order valence-corrected chi connectivity index (χ4v) is 5.12. The maximum atomic E-state index is 13.9. The van der Waals surface area contributed by atoms with Crippen LogP contribution in [0.15, 0.2) is 53.5 Å². The van der Waals surface area contributed by atoms with Crippen LogP contribution in [0.1, 0.15) is 25.8 Å². The Morgan fingerprint density at radius 3 is 2.62 bits per heavy atom. The summed E-state index contributed by atoms with van der Waals surface area (Å²) >= 11 is 1.29. The summed E-state index contributed by atoms with van der Waals surface area (Å²) in [5.74, 6) is -4.80. The maximum absolute atomic E-state index is 13.9. The third-order valence-corrected chi connectivity index (χ3v) is 7.19. The van der Waals surface area contributed by atoms with Crippen LogP contribution in [-0.2, 0) is 25.5 Å². The normalized spacial score (nSPS) is 18.3. The summed E-state index contributed by atoms with van der Waals surface area (Å²) in [6.45, 7) is 3.93. The number of carbonyl (C=O) groups excluding carboxylic acids is 2. The minimum Gasteiger partial charge on any atom is -0.478 e. The first-order valence-corrected chi connectivity index (χ1v) is 13.3. The second-order valence-electron chi connectivity index (χ2n) is 9.43. The maximum Gasteiger partial charge on any atom is 0.345 e. The standard InChI is InChI=1S/C27H30F3N3O5S/c1-15(2)24(27(36)37)38-19-5-3-4-16(6-7-19)14-32-25(35)26-33(8-9-39-26)23(34)12-18(31)10-17-11-21(29)22(30)13-20(17)28/h3-4,6-7,11,13,15,18,24,26H,8-10,12,14,31H2,1-2H3,(H,32,35)(H,36,37). The van der Waals surface area contributed by atoms with Crippen LogP contribution < -0.4 is 11.1 Å². The third-order valence-electron chi connectivity index (χ3n) is 5.99. The lowest BCUT2D eigenvalue weighted by molar-refractivity contribution is -0.150. The summed E-state index contributed by atoms with van der Waals surface area (Å²) < 4.78 is 46.1. The van der Waals surface area contributed by atoms with E-state index in [0.717, 1.165) is 6.07 Å². The zero-order valence-corrected chi connectivity index (χ0v) is 22.3. The number of nitrogens with zero attached hydrogens (tertiary/aromatic N) is 1. The largest absolute Gasteiger partial charge is 0.478 e. The molecule has 1 aromatic rings. The quantitative estimate of drug-likeness (QED) is 0.279. The van der Waals surface area contributed by atoms with E-state index in [1.807, 2.05) is 0 Å². The molecule has 0 saturated carbocycles. The number of benzene rings is 1. The third kappa shape index (κ3) is 8.26. The fourth-order valence-electron chi connectivity index (χ4n) is 3.95. The number of nitrogens with two attached hydrogens (primary N) is 1. The van der Waals surface area contributed by atoms with Gasteiger partial charge in [-0.1, -0.05) is 25.7 Å². The van der Waals surface area contributed by atoms with E-state index >= 15 is 0 Å². The summed E-state index contributed by atoms with van der Waals surface area (Å²) in [6.07, 6.45) is 5.09. The molecule has 4 N–H and O–H groups in total. The molecule has 1 aliphatic carbocycles. The highest BCUT2D eigenvalue weighted by Crippen LogP contribution is 2.25. The van der Waals surface area contributed by atoms with Crippen molar-refractivity contribution in [2.45, 2.75) is 44.2 Å². The van der Waals surface area contributed by atoms with Gasteiger partial charge in [0.05, 0.1) is 0 Å². The van der Waals surface area contributed by atoms with E-state index in [4.69, 9.17) is 10.5 Å². The van der Waals surface area contributed by atoms with Gasteiger partial charge in [-0.15, -0.1) is 11.8 Å². The molecule has 1 fully saturated rings. The van der Waals surface area contributed by atoms with Crippen molar-refractivity contribution in [3.8, 4) is 0 Å². The van der Waals surface area contributed by atoms with E-state index < -0.39 is 46.8 Å². The second-order valence-corrected chi connectivity index (χ2v) is 10.6. The van der Waals surface area contributed by atoms with E-state index in [2.05, 4.69) is 11.0 Å². The van der Waals surface area contributed by atoms with Crippen LogP contribution in [0.4, 0.5) is 13.2 Å². The van der Waals surface area contributed by atoms with Crippen molar-refractivity contribution >= 4 is 29.5 Å². The predicted octanol–water partition coefficient (Wildman–Crippen LogP) is 3.04. The first-order chi connectivity index (χ1) is 18.5. The van der Waals surface area contributed by atoms with Crippen molar-refractivity contribution in [1.82, 2.24) is 10.2 Å². The van der Waals surface area contributed by atoms with Crippen molar-refractivity contribution in [1.29, 1.82) is 0 Å². The predicted molar refractivity (Wildman–Crippen MR) is 140 cm³/mol. The van der Waals surface area contributed by atoms with Crippen LogP contribution in [-0.4, -0.2) is 64.2 Å². The van der Waals surface area contributed by atoms with Crippen LogP contribution in [0, 0.1) is 23.4 Å². The molecule has 1 aromatic carbocycles. The molecule has 1 heterocycles. The lowest BCUT2D eigenvalue weighted by Crippen LogP contribution is -2.46. The van der Waals surface area contributed by atoms with Crippen LogP contribution >= 0.6 is 11.8 Å². The SMILES string of the molecule is CC(C)C(OC1=C=CC=C(CNC(=O)C2SCCN2C(=O)CC(N)Cc2cc(F)c(F)cc2F)C=C1)C(=O)O. The van der Waals surface area contributed by atoms with Gasteiger partial charge in [-0.3, -0.25) is 9.59 Å². The molecular weight excluding hydrogens is 535 g/mol. The number of rotatable bonds is 11. The molecule has 8 nitrogen and oxygen atoms in total. The number of halogens is 3. The number of ether oxygens (including phenoxy) is 1. The number of hydrogen-bond acceptors (Lipinski definition) is 6. The topological polar surface area (TPSA) is 122 Å². The summed E-state index contributed by atoms with van der Waals surface area (Å²) in [5, 5.41) is 11.3. The zero-order valence-electron chi connectivity index (χ0n) is 21.5. The zero-order chi connectivity index (χ0) is 28.7. The van der Waals surface area contributed by atoms with Gasteiger partial charge in [0.2, 0.25) is 5.91 Å². The smallest absolute Gasteiger partial charge is 0.345 e. The van der Waals surface area contributed by atoms with Crippen LogP contribution in [0.5, 0.6) is 0 Å². The summed E-state index contributed by atoms with van der Waals surface area (Å²) in [4.78, 5) is 38.5. The number of thioether (sulfide) groups is 1. The molecule has 3 unspecified atom stereocenters. The summed E-state index contributed by atoms with van der Waals surface area (Å²) in [5.41, 5.74) is 9.41. The molecule has 2 amide bonds. The van der Waals surface area contributed by atoms with Gasteiger partial charge in [0, 0.05) is 43.3 Å². The average molecular weight is 566 g/mol. The Morgan fingerprint density at radius 1 is 1.21 bits per heavy atom. The molecule has 0 aromatic heterocycles. The number of hydrogen-bond donors (Lipinski definition) is 3. The van der Waals surface area contributed by atoms with E-state index in [1.54, 1.807) is 38.2 Å². The highest BCUT2D eigenvalue weighted by Gasteiger charge is 2.35. The molecule has 0 spiro atoms. The van der Waals surface area contributed by atoms with E-state index in [1.165, 1.54) is 16.7 Å². The number of allylic oxidation sites excluding steroid dienone is 2. The van der Waals surface area contributed by atoms with Crippen LogP contribution in [0.3, 0.4) is 0 Å². The Bertz CT molecular complexity index is 1240. The van der Waals surface area contributed by atoms with Crippen molar-refractivity contribution < 1.29 is 37.4 Å². The van der Waals surface area contributed by atoms with Gasteiger partial charge in [0.15, 0.2) is 28.9 Å². The minimum absolute atomic E-state index is 0.135. The van der Waals surface area contributed by atoms with E-state index in [9.17, 15) is 32.7 Å². The average Bonchev–Trinajstić information content (AvgIpc) is 3.25. The van der Waals surface area contributed by atoms with Crippen molar-refractivity contribution in [2.75, 3.05) is 18.8 Å². The first-order valence-electron chi connectivity index (χ1n) is 12.3. The number of aliphatic carboxylic acids is 1. The van der Waals surface area contributed by atoms with Gasteiger partial charge >= 0.3 is 5.97 Å². The summed E-state index contributed by atoms with van der Waals surface area (Å²) in [7, 11) is 0.